The predicted molar refractivity (Wildman–Crippen MR) is 63.1 cm³/mol. The molecule has 0 amide bonds. The predicted octanol–water partition coefficient (Wildman–Crippen LogP) is 3.91. The number of benzene rings is 1. The van der Waals surface area contributed by atoms with Gasteiger partial charge in [-0.1, -0.05) is 34.2 Å². The first-order valence-electron chi connectivity index (χ1n) is 4.25. The van der Waals surface area contributed by atoms with Gasteiger partial charge in [-0.25, -0.2) is 0 Å². The van der Waals surface area contributed by atoms with E-state index in [0.29, 0.717) is 3.92 Å². The lowest BCUT2D eigenvalue weighted by Crippen LogP contribution is -2.10. The van der Waals surface area contributed by atoms with Crippen LogP contribution in [0.1, 0.15) is 21.5 Å². The maximum atomic E-state index is 6.05. The Morgan fingerprint density at radius 1 is 1.54 bits per heavy atom. The van der Waals surface area contributed by atoms with Gasteiger partial charge in [0.25, 0.3) is 0 Å². The average Bonchev–Trinajstić information content (AvgIpc) is 2.09. The van der Waals surface area contributed by atoms with Crippen molar-refractivity contribution in [1.82, 2.24) is 0 Å². The second-order valence-electron chi connectivity index (χ2n) is 3.24. The maximum Gasteiger partial charge on any atom is 0.123 e. The van der Waals surface area contributed by atoms with Crippen LogP contribution in [0.5, 0.6) is 5.75 Å². The van der Waals surface area contributed by atoms with E-state index in [1.807, 2.05) is 19.1 Å². The third kappa shape index (κ3) is 1.79. The van der Waals surface area contributed by atoms with E-state index in [9.17, 15) is 0 Å². The number of alkyl halides is 1. The van der Waals surface area contributed by atoms with Crippen LogP contribution in [0.3, 0.4) is 0 Å². The smallest absolute Gasteiger partial charge is 0.123 e. The highest BCUT2D eigenvalue weighted by Gasteiger charge is 2.19. The van der Waals surface area contributed by atoms with Gasteiger partial charge in [0.2, 0.25) is 0 Å². The second kappa shape index (κ2) is 3.65. The van der Waals surface area contributed by atoms with Crippen molar-refractivity contribution in [2.24, 2.45) is 0 Å². The van der Waals surface area contributed by atoms with Crippen molar-refractivity contribution in [3.8, 4) is 5.75 Å². The van der Waals surface area contributed by atoms with Gasteiger partial charge in [0, 0.05) is 14.5 Å². The lowest BCUT2D eigenvalue weighted by molar-refractivity contribution is 0.289. The number of halogens is 2. The third-order valence-electron chi connectivity index (χ3n) is 2.26. The SMILES string of the molecule is Cc1cc2c(cc1Cl)C(I)CCO2. The molecule has 0 bridgehead atoms. The lowest BCUT2D eigenvalue weighted by atomic mass is 10.0. The van der Waals surface area contributed by atoms with Gasteiger partial charge < -0.3 is 4.74 Å². The van der Waals surface area contributed by atoms with Gasteiger partial charge in [0.05, 0.1) is 6.61 Å². The zero-order valence-electron chi connectivity index (χ0n) is 7.31. The van der Waals surface area contributed by atoms with Gasteiger partial charge in [-0.3, -0.25) is 0 Å². The molecule has 1 heterocycles. The molecule has 1 unspecified atom stereocenters. The molecule has 1 atom stereocenters. The van der Waals surface area contributed by atoms with E-state index in [-0.39, 0.29) is 0 Å². The summed E-state index contributed by atoms with van der Waals surface area (Å²) in [6.07, 6.45) is 1.08. The van der Waals surface area contributed by atoms with Crippen molar-refractivity contribution in [2.75, 3.05) is 6.61 Å². The summed E-state index contributed by atoms with van der Waals surface area (Å²) in [5, 5.41) is 0.839. The molecule has 0 saturated carbocycles. The molecule has 0 aromatic heterocycles. The molecule has 0 saturated heterocycles. The lowest BCUT2D eigenvalue weighted by Gasteiger charge is -2.22. The van der Waals surface area contributed by atoms with Crippen LogP contribution in [0.4, 0.5) is 0 Å². The van der Waals surface area contributed by atoms with E-state index in [1.54, 1.807) is 0 Å². The van der Waals surface area contributed by atoms with Crippen LogP contribution >= 0.6 is 34.2 Å². The van der Waals surface area contributed by atoms with Gasteiger partial charge in [-0.05, 0) is 31.0 Å². The molecule has 0 spiro atoms. The number of hydrogen-bond acceptors (Lipinski definition) is 1. The summed E-state index contributed by atoms with van der Waals surface area (Å²) in [5.74, 6) is 1.01. The first-order valence-corrected chi connectivity index (χ1v) is 5.88. The highest BCUT2D eigenvalue weighted by atomic mass is 127. The molecule has 3 heteroatoms. The van der Waals surface area contributed by atoms with Crippen molar-refractivity contribution in [3.63, 3.8) is 0 Å². The highest BCUT2D eigenvalue weighted by molar-refractivity contribution is 14.1. The van der Waals surface area contributed by atoms with Crippen molar-refractivity contribution in [2.45, 2.75) is 17.3 Å². The first kappa shape index (κ1) is 9.59. The fourth-order valence-corrected chi connectivity index (χ4v) is 2.38. The first-order chi connectivity index (χ1) is 6.18. The van der Waals surface area contributed by atoms with Crippen molar-refractivity contribution in [3.05, 3.63) is 28.3 Å². The van der Waals surface area contributed by atoms with Crippen LogP contribution in [-0.2, 0) is 0 Å². The van der Waals surface area contributed by atoms with E-state index < -0.39 is 0 Å². The van der Waals surface area contributed by atoms with E-state index >= 15 is 0 Å². The molecule has 13 heavy (non-hydrogen) atoms. The van der Waals surface area contributed by atoms with Crippen LogP contribution in [0.25, 0.3) is 0 Å². The molecular formula is C10H10ClIO. The standard InChI is InChI=1S/C10H10ClIO/c1-6-4-10-7(5-8(6)11)9(12)2-3-13-10/h4-5,9H,2-3H2,1H3. The highest BCUT2D eigenvalue weighted by Crippen LogP contribution is 2.40. The van der Waals surface area contributed by atoms with Crippen LogP contribution in [-0.4, -0.2) is 6.61 Å². The van der Waals surface area contributed by atoms with Crippen LogP contribution < -0.4 is 4.74 Å². The largest absolute Gasteiger partial charge is 0.493 e. The topological polar surface area (TPSA) is 9.23 Å². The zero-order valence-corrected chi connectivity index (χ0v) is 10.2. The summed E-state index contributed by atoms with van der Waals surface area (Å²) < 4.78 is 6.11. The number of hydrogen-bond donors (Lipinski definition) is 0. The molecule has 1 nitrogen and oxygen atoms in total. The van der Waals surface area contributed by atoms with Gasteiger partial charge in [-0.2, -0.15) is 0 Å². The molecule has 1 aliphatic heterocycles. The molecular weight excluding hydrogens is 298 g/mol. The average molecular weight is 309 g/mol. The molecule has 0 radical (unpaired) electrons. The van der Waals surface area contributed by atoms with Gasteiger partial charge in [0.1, 0.15) is 5.75 Å². The third-order valence-corrected chi connectivity index (χ3v) is 3.96. The van der Waals surface area contributed by atoms with E-state index in [0.717, 1.165) is 29.4 Å². The number of rotatable bonds is 0. The molecule has 70 valence electrons. The summed E-state index contributed by atoms with van der Waals surface area (Å²) in [4.78, 5) is 0. The Kier molecular flexibility index (Phi) is 2.70. The minimum absolute atomic E-state index is 0.541. The van der Waals surface area contributed by atoms with Crippen LogP contribution in [0.2, 0.25) is 5.02 Å². The van der Waals surface area contributed by atoms with Crippen LogP contribution in [0.15, 0.2) is 12.1 Å². The summed E-state index contributed by atoms with van der Waals surface area (Å²) >= 11 is 8.49. The van der Waals surface area contributed by atoms with Crippen molar-refractivity contribution >= 4 is 34.2 Å². The Balaban J connectivity index is 2.52. The zero-order chi connectivity index (χ0) is 9.42. The molecule has 0 fully saturated rings. The molecule has 0 N–H and O–H groups in total. The summed E-state index contributed by atoms with van der Waals surface area (Å²) in [7, 11) is 0. The molecule has 0 aliphatic carbocycles. The van der Waals surface area contributed by atoms with Gasteiger partial charge in [0.15, 0.2) is 0 Å². The molecule has 2 rings (SSSR count). The van der Waals surface area contributed by atoms with Crippen molar-refractivity contribution < 1.29 is 4.74 Å². The Morgan fingerprint density at radius 2 is 2.31 bits per heavy atom. The minimum atomic E-state index is 0.541. The Labute approximate surface area is 96.6 Å². The van der Waals surface area contributed by atoms with Gasteiger partial charge >= 0.3 is 0 Å². The summed E-state index contributed by atoms with van der Waals surface area (Å²) in [6.45, 7) is 2.82. The number of fused-ring (bicyclic) bond motifs is 1. The normalized spacial score (nSPS) is 20.7. The summed E-state index contributed by atoms with van der Waals surface area (Å²) in [5.41, 5.74) is 2.33. The van der Waals surface area contributed by atoms with E-state index in [2.05, 4.69) is 22.6 Å². The van der Waals surface area contributed by atoms with Gasteiger partial charge in [-0.15, -0.1) is 0 Å². The Hall–Kier alpha value is 0.0400. The Morgan fingerprint density at radius 3 is 3.08 bits per heavy atom. The number of ether oxygens (including phenoxy) is 1. The Bertz CT molecular complexity index is 338. The van der Waals surface area contributed by atoms with Crippen molar-refractivity contribution in [1.29, 1.82) is 0 Å². The minimum Gasteiger partial charge on any atom is -0.493 e. The fraction of sp³-hybridized carbons (Fsp3) is 0.400. The monoisotopic (exact) mass is 308 g/mol. The fourth-order valence-electron chi connectivity index (χ4n) is 1.47. The number of aryl methyl sites for hydroxylation is 1. The van der Waals surface area contributed by atoms with E-state index in [4.69, 9.17) is 16.3 Å². The molecule has 1 aromatic carbocycles. The van der Waals surface area contributed by atoms with Crippen LogP contribution in [0, 0.1) is 6.92 Å². The quantitative estimate of drug-likeness (QED) is 0.521. The van der Waals surface area contributed by atoms with E-state index in [1.165, 1.54) is 5.56 Å². The molecule has 1 aromatic rings. The second-order valence-corrected chi connectivity index (χ2v) is 5.15. The maximum absolute atomic E-state index is 6.05. The summed E-state index contributed by atoms with van der Waals surface area (Å²) in [6, 6.07) is 4.06. The molecule has 1 aliphatic rings.